The summed E-state index contributed by atoms with van der Waals surface area (Å²) in [4.78, 5) is 16.2. The maximum absolute atomic E-state index is 12.1. The molecule has 0 radical (unpaired) electrons. The van der Waals surface area contributed by atoms with Crippen molar-refractivity contribution in [1.82, 2.24) is 15.5 Å². The molecule has 2 amide bonds. The minimum atomic E-state index is -0.739. The van der Waals surface area contributed by atoms with Crippen LogP contribution < -0.4 is 10.6 Å². The van der Waals surface area contributed by atoms with E-state index in [0.717, 1.165) is 5.56 Å². The molecule has 1 atom stereocenters. The number of anilines is 1. The topological polar surface area (TPSA) is 100 Å². The summed E-state index contributed by atoms with van der Waals surface area (Å²) in [7, 11) is 0. The predicted molar refractivity (Wildman–Crippen MR) is 90.8 cm³/mol. The average molecular weight is 344 g/mol. The van der Waals surface area contributed by atoms with Crippen molar-refractivity contribution >= 4 is 23.1 Å². The molecule has 3 N–H and O–H groups in total. The number of hydrogen-bond acceptors (Lipinski definition) is 6. The number of aryl methyl sites for hydroxylation is 1. The van der Waals surface area contributed by atoms with Crippen molar-refractivity contribution in [1.29, 1.82) is 0 Å². The Labute approximate surface area is 142 Å². The number of nitrogens with one attached hydrogen (secondary N) is 2. The zero-order chi connectivity index (χ0) is 16.9. The van der Waals surface area contributed by atoms with E-state index in [4.69, 9.17) is 4.52 Å². The Kier molecular flexibility index (Phi) is 4.88. The molecule has 2 aromatic heterocycles. The minimum Gasteiger partial charge on any atom is -0.387 e. The van der Waals surface area contributed by atoms with Crippen molar-refractivity contribution in [3.8, 4) is 11.4 Å². The van der Waals surface area contributed by atoms with Crippen molar-refractivity contribution in [2.24, 2.45) is 0 Å². The lowest BCUT2D eigenvalue weighted by Gasteiger charge is -2.13. The van der Waals surface area contributed by atoms with Crippen LogP contribution in [0.2, 0.25) is 0 Å². The number of carbonyl (C=O) groups is 1. The Morgan fingerprint density at radius 1 is 1.38 bits per heavy atom. The van der Waals surface area contributed by atoms with Crippen LogP contribution in [-0.4, -0.2) is 27.8 Å². The Bertz CT molecular complexity index is 816. The van der Waals surface area contributed by atoms with Gasteiger partial charge in [-0.2, -0.15) is 16.3 Å². The van der Waals surface area contributed by atoms with Gasteiger partial charge in [-0.05, 0) is 34.5 Å². The van der Waals surface area contributed by atoms with E-state index in [-0.39, 0.29) is 6.54 Å². The second-order valence-corrected chi connectivity index (χ2v) is 5.87. The number of carbonyl (C=O) groups excluding carboxylic acids is 1. The van der Waals surface area contributed by atoms with Crippen molar-refractivity contribution < 1.29 is 14.4 Å². The van der Waals surface area contributed by atoms with Gasteiger partial charge in [-0.25, -0.2) is 4.79 Å². The first-order chi connectivity index (χ1) is 11.6. The Morgan fingerprint density at radius 3 is 2.92 bits per heavy atom. The fourth-order valence-electron chi connectivity index (χ4n) is 2.13. The van der Waals surface area contributed by atoms with Gasteiger partial charge < -0.3 is 20.3 Å². The number of aliphatic hydroxyl groups is 1. The van der Waals surface area contributed by atoms with Gasteiger partial charge in [0.05, 0.1) is 11.8 Å². The molecule has 1 aromatic carbocycles. The van der Waals surface area contributed by atoms with Crippen molar-refractivity contribution in [3.63, 3.8) is 0 Å². The lowest BCUT2D eigenvalue weighted by Crippen LogP contribution is -2.32. The van der Waals surface area contributed by atoms with E-state index in [1.807, 2.05) is 22.9 Å². The third-order valence-corrected chi connectivity index (χ3v) is 4.03. The molecule has 3 aromatic rings. The van der Waals surface area contributed by atoms with Gasteiger partial charge in [-0.3, -0.25) is 0 Å². The number of hydrogen-bond donors (Lipinski definition) is 3. The average Bonchev–Trinajstić information content (AvgIpc) is 3.25. The predicted octanol–water partition coefficient (Wildman–Crippen LogP) is 2.96. The number of thiophene rings is 1. The summed E-state index contributed by atoms with van der Waals surface area (Å²) in [6, 6.07) is 8.56. The fraction of sp³-hybridized carbons (Fsp3) is 0.188. The number of amides is 2. The summed E-state index contributed by atoms with van der Waals surface area (Å²) in [5.41, 5.74) is 1.99. The van der Waals surface area contributed by atoms with E-state index < -0.39 is 12.1 Å². The quantitative estimate of drug-likeness (QED) is 0.661. The summed E-state index contributed by atoms with van der Waals surface area (Å²) in [6.07, 6.45) is -0.739. The van der Waals surface area contributed by atoms with Crippen LogP contribution in [0.3, 0.4) is 0 Å². The van der Waals surface area contributed by atoms with E-state index in [2.05, 4.69) is 20.8 Å². The standard InChI is InChI=1S/C16H16N4O3S/c1-10-18-15(20-23-10)12-4-2-3-5-13(12)19-16(22)17-8-14(21)11-6-7-24-9-11/h2-7,9,14,21H,8H2,1H3,(H2,17,19,22)/t14-/m1/s1. The van der Waals surface area contributed by atoms with Gasteiger partial charge >= 0.3 is 6.03 Å². The van der Waals surface area contributed by atoms with Gasteiger partial charge in [-0.15, -0.1) is 0 Å². The monoisotopic (exact) mass is 344 g/mol. The molecular weight excluding hydrogens is 328 g/mol. The lowest BCUT2D eigenvalue weighted by atomic mass is 10.1. The van der Waals surface area contributed by atoms with Crippen LogP contribution in [0.15, 0.2) is 45.6 Å². The molecular formula is C16H16N4O3S. The molecule has 8 heteroatoms. The molecule has 2 heterocycles. The molecule has 7 nitrogen and oxygen atoms in total. The Balaban J connectivity index is 1.64. The number of benzene rings is 1. The van der Waals surface area contributed by atoms with Crippen LogP contribution in [0.5, 0.6) is 0 Å². The maximum atomic E-state index is 12.1. The van der Waals surface area contributed by atoms with E-state index in [9.17, 15) is 9.90 Å². The van der Waals surface area contributed by atoms with Gasteiger partial charge in [0.15, 0.2) is 0 Å². The van der Waals surface area contributed by atoms with E-state index in [1.165, 1.54) is 11.3 Å². The first kappa shape index (κ1) is 16.2. The molecule has 0 unspecified atom stereocenters. The fourth-order valence-corrected chi connectivity index (χ4v) is 2.84. The molecule has 0 spiro atoms. The molecule has 0 saturated heterocycles. The largest absolute Gasteiger partial charge is 0.387 e. The second kappa shape index (κ2) is 7.24. The van der Waals surface area contributed by atoms with E-state index in [0.29, 0.717) is 23.0 Å². The highest BCUT2D eigenvalue weighted by atomic mass is 32.1. The minimum absolute atomic E-state index is 0.117. The highest BCUT2D eigenvalue weighted by molar-refractivity contribution is 7.07. The van der Waals surface area contributed by atoms with Gasteiger partial charge in [0.2, 0.25) is 11.7 Å². The smallest absolute Gasteiger partial charge is 0.319 e. The number of aromatic nitrogens is 2. The van der Waals surface area contributed by atoms with Crippen LogP contribution in [0, 0.1) is 6.92 Å². The third-order valence-electron chi connectivity index (χ3n) is 3.33. The van der Waals surface area contributed by atoms with Gasteiger partial charge in [0.25, 0.3) is 0 Å². The number of rotatable bonds is 5. The zero-order valence-electron chi connectivity index (χ0n) is 12.9. The normalized spacial score (nSPS) is 11.9. The van der Waals surface area contributed by atoms with E-state index >= 15 is 0 Å². The summed E-state index contributed by atoms with van der Waals surface area (Å²) in [5.74, 6) is 0.852. The molecule has 0 aliphatic carbocycles. The molecule has 3 rings (SSSR count). The molecule has 124 valence electrons. The maximum Gasteiger partial charge on any atom is 0.319 e. The Morgan fingerprint density at radius 2 is 2.21 bits per heavy atom. The highest BCUT2D eigenvalue weighted by Gasteiger charge is 2.14. The van der Waals surface area contributed by atoms with Crippen molar-refractivity contribution in [2.45, 2.75) is 13.0 Å². The number of nitrogens with zero attached hydrogens (tertiary/aromatic N) is 2. The molecule has 0 bridgehead atoms. The number of aliphatic hydroxyl groups excluding tert-OH is 1. The first-order valence-corrected chi connectivity index (χ1v) is 8.22. The van der Waals surface area contributed by atoms with E-state index in [1.54, 1.807) is 25.1 Å². The number of para-hydroxylation sites is 1. The van der Waals surface area contributed by atoms with Crippen molar-refractivity contribution in [3.05, 3.63) is 52.5 Å². The van der Waals surface area contributed by atoms with Gasteiger partial charge in [0.1, 0.15) is 0 Å². The van der Waals surface area contributed by atoms with Gasteiger partial charge in [0, 0.05) is 19.0 Å². The Hall–Kier alpha value is -2.71. The van der Waals surface area contributed by atoms with Crippen molar-refractivity contribution in [2.75, 3.05) is 11.9 Å². The summed E-state index contributed by atoms with van der Waals surface area (Å²) < 4.78 is 4.98. The highest BCUT2D eigenvalue weighted by Crippen LogP contribution is 2.25. The molecule has 0 saturated carbocycles. The summed E-state index contributed by atoms with van der Waals surface area (Å²) >= 11 is 1.50. The second-order valence-electron chi connectivity index (χ2n) is 5.09. The first-order valence-electron chi connectivity index (χ1n) is 7.28. The van der Waals surface area contributed by atoms with Crippen LogP contribution in [0.1, 0.15) is 17.6 Å². The SMILES string of the molecule is Cc1nc(-c2ccccc2NC(=O)NC[C@@H](O)c2ccsc2)no1. The molecule has 0 aliphatic heterocycles. The van der Waals surface area contributed by atoms with Crippen LogP contribution in [-0.2, 0) is 0 Å². The molecule has 0 aliphatic rings. The third kappa shape index (κ3) is 3.79. The number of urea groups is 1. The summed E-state index contributed by atoms with van der Waals surface area (Å²) in [6.45, 7) is 1.82. The lowest BCUT2D eigenvalue weighted by molar-refractivity contribution is 0.175. The zero-order valence-corrected chi connectivity index (χ0v) is 13.7. The molecule has 24 heavy (non-hydrogen) atoms. The molecule has 0 fully saturated rings. The van der Waals surface area contributed by atoms with Gasteiger partial charge in [-0.1, -0.05) is 17.3 Å². The van der Waals surface area contributed by atoms with Crippen LogP contribution >= 0.6 is 11.3 Å². The summed E-state index contributed by atoms with van der Waals surface area (Å²) in [5, 5.41) is 23.0. The van der Waals surface area contributed by atoms with Crippen LogP contribution in [0.4, 0.5) is 10.5 Å². The van der Waals surface area contributed by atoms with Crippen LogP contribution in [0.25, 0.3) is 11.4 Å².